The molecular weight excluding hydrogens is 316 g/mol. The largest absolute Gasteiger partial charge is 0.325 e. The summed E-state index contributed by atoms with van der Waals surface area (Å²) >= 11 is 3.39. The molecule has 4 nitrogen and oxygen atoms in total. The van der Waals surface area contributed by atoms with E-state index in [0.29, 0.717) is 6.54 Å². The summed E-state index contributed by atoms with van der Waals surface area (Å²) in [6.45, 7) is 0.709. The smallest absolute Gasteiger partial charge is 0.153 e. The van der Waals surface area contributed by atoms with Crippen LogP contribution in [0.3, 0.4) is 0 Å². The predicted octanol–water partition coefficient (Wildman–Crippen LogP) is 1.01. The Hall–Kier alpha value is -0.430. The molecule has 1 aromatic rings. The van der Waals surface area contributed by atoms with Crippen molar-refractivity contribution in [1.82, 2.24) is 4.90 Å². The minimum absolute atomic E-state index is 0.0846. The van der Waals surface area contributed by atoms with Crippen LogP contribution in [-0.2, 0) is 16.4 Å². The predicted molar refractivity (Wildman–Crippen MR) is 76.0 cm³/mol. The number of halogens is 1. The lowest BCUT2D eigenvalue weighted by Gasteiger charge is -2.26. The molecule has 2 unspecified atom stereocenters. The lowest BCUT2D eigenvalue weighted by Crippen LogP contribution is -2.44. The first-order chi connectivity index (χ1) is 8.37. The lowest BCUT2D eigenvalue weighted by molar-refractivity contribution is 0.236. The zero-order valence-corrected chi connectivity index (χ0v) is 12.6. The van der Waals surface area contributed by atoms with E-state index in [1.54, 1.807) is 0 Å². The van der Waals surface area contributed by atoms with Crippen LogP contribution in [0.15, 0.2) is 28.7 Å². The lowest BCUT2D eigenvalue weighted by atomic mass is 10.1. The summed E-state index contributed by atoms with van der Waals surface area (Å²) in [5.41, 5.74) is 7.06. The molecule has 2 N–H and O–H groups in total. The van der Waals surface area contributed by atoms with Crippen molar-refractivity contribution in [2.75, 3.05) is 18.6 Å². The van der Waals surface area contributed by atoms with Gasteiger partial charge in [0.05, 0.1) is 11.5 Å². The number of benzene rings is 1. The van der Waals surface area contributed by atoms with Gasteiger partial charge in [-0.15, -0.1) is 0 Å². The van der Waals surface area contributed by atoms with Gasteiger partial charge in [0.1, 0.15) is 0 Å². The van der Waals surface area contributed by atoms with Gasteiger partial charge in [0, 0.05) is 23.1 Å². The topological polar surface area (TPSA) is 63.4 Å². The van der Waals surface area contributed by atoms with Crippen LogP contribution in [0.5, 0.6) is 0 Å². The van der Waals surface area contributed by atoms with Gasteiger partial charge in [-0.1, -0.05) is 28.1 Å². The third-order valence-electron chi connectivity index (χ3n) is 3.28. The van der Waals surface area contributed by atoms with E-state index in [1.807, 2.05) is 36.2 Å². The fourth-order valence-electron chi connectivity index (χ4n) is 2.31. The average Bonchev–Trinajstić information content (AvgIpc) is 2.55. The number of rotatable bonds is 3. The molecule has 100 valence electrons. The van der Waals surface area contributed by atoms with E-state index in [0.717, 1.165) is 10.0 Å². The average molecular weight is 333 g/mol. The summed E-state index contributed by atoms with van der Waals surface area (Å²) in [5.74, 6) is 0.267. The summed E-state index contributed by atoms with van der Waals surface area (Å²) in [4.78, 5) is 2.03. The van der Waals surface area contributed by atoms with Crippen molar-refractivity contribution >= 4 is 25.8 Å². The molecule has 0 aliphatic carbocycles. The third-order valence-corrected chi connectivity index (χ3v) is 5.55. The van der Waals surface area contributed by atoms with E-state index in [1.165, 1.54) is 0 Å². The Kier molecular flexibility index (Phi) is 4.11. The highest BCUT2D eigenvalue weighted by Gasteiger charge is 2.37. The Labute approximate surface area is 116 Å². The number of nitrogens with zero attached hydrogens (tertiary/aromatic N) is 1. The molecule has 0 saturated carbocycles. The van der Waals surface area contributed by atoms with Gasteiger partial charge in [0.15, 0.2) is 9.84 Å². The molecule has 1 aromatic carbocycles. The summed E-state index contributed by atoms with van der Waals surface area (Å²) in [6, 6.07) is 7.64. The molecule has 6 heteroatoms. The molecule has 0 bridgehead atoms. The normalized spacial score (nSPS) is 26.7. The first-order valence-corrected chi connectivity index (χ1v) is 8.39. The molecule has 0 aromatic heterocycles. The second-order valence-electron chi connectivity index (χ2n) is 4.85. The molecule has 0 spiro atoms. The van der Waals surface area contributed by atoms with Gasteiger partial charge >= 0.3 is 0 Å². The maximum absolute atomic E-state index is 11.5. The summed E-state index contributed by atoms with van der Waals surface area (Å²) in [7, 11) is -1.04. The zero-order chi connectivity index (χ0) is 13.3. The Balaban J connectivity index is 2.04. The Bertz CT molecular complexity index is 515. The Morgan fingerprint density at radius 2 is 1.94 bits per heavy atom. The minimum atomic E-state index is -2.96. The van der Waals surface area contributed by atoms with Crippen LogP contribution < -0.4 is 5.73 Å². The maximum atomic E-state index is 11.5. The van der Waals surface area contributed by atoms with Crippen LogP contribution in [0.4, 0.5) is 0 Å². The summed E-state index contributed by atoms with van der Waals surface area (Å²) < 4.78 is 24.1. The van der Waals surface area contributed by atoms with Crippen molar-refractivity contribution < 1.29 is 8.42 Å². The van der Waals surface area contributed by atoms with Gasteiger partial charge in [-0.25, -0.2) is 8.42 Å². The second kappa shape index (κ2) is 5.28. The fourth-order valence-corrected chi connectivity index (χ4v) is 4.54. The highest BCUT2D eigenvalue weighted by atomic mass is 79.9. The van der Waals surface area contributed by atoms with Gasteiger partial charge in [-0.2, -0.15) is 0 Å². The van der Waals surface area contributed by atoms with Gasteiger partial charge in [-0.3, -0.25) is 4.90 Å². The van der Waals surface area contributed by atoms with Crippen LogP contribution >= 0.6 is 15.9 Å². The standard InChI is InChI=1S/C12H17BrN2O2S/c1-15(6-9-2-4-10(13)5-3-9)12-8-18(16,17)7-11(12)14/h2-5,11-12H,6-8,14H2,1H3. The fraction of sp³-hybridized carbons (Fsp3) is 0.500. The van der Waals surface area contributed by atoms with Gasteiger partial charge in [0.2, 0.25) is 0 Å². The monoisotopic (exact) mass is 332 g/mol. The number of sulfone groups is 1. The summed E-state index contributed by atoms with van der Waals surface area (Å²) in [6.07, 6.45) is 0. The van der Waals surface area contributed by atoms with Crippen molar-refractivity contribution in [3.05, 3.63) is 34.3 Å². The third kappa shape index (κ3) is 3.32. The van der Waals surface area contributed by atoms with Crippen molar-refractivity contribution in [3.63, 3.8) is 0 Å². The quantitative estimate of drug-likeness (QED) is 0.897. The SMILES string of the molecule is CN(Cc1ccc(Br)cc1)C1CS(=O)(=O)CC1N. The van der Waals surface area contributed by atoms with E-state index >= 15 is 0 Å². The maximum Gasteiger partial charge on any atom is 0.153 e. The van der Waals surface area contributed by atoms with Crippen molar-refractivity contribution in [2.24, 2.45) is 5.73 Å². The van der Waals surface area contributed by atoms with Crippen LogP contribution in [0.1, 0.15) is 5.56 Å². The number of nitrogens with two attached hydrogens (primary N) is 1. The molecule has 2 rings (SSSR count). The van der Waals surface area contributed by atoms with Crippen LogP contribution in [0.2, 0.25) is 0 Å². The van der Waals surface area contributed by atoms with E-state index in [9.17, 15) is 8.42 Å². The molecule has 2 atom stereocenters. The van der Waals surface area contributed by atoms with Gasteiger partial charge in [0.25, 0.3) is 0 Å². The Morgan fingerprint density at radius 1 is 1.33 bits per heavy atom. The first-order valence-electron chi connectivity index (χ1n) is 5.78. The molecule has 18 heavy (non-hydrogen) atoms. The highest BCUT2D eigenvalue weighted by Crippen LogP contribution is 2.18. The molecule has 0 amide bonds. The van der Waals surface area contributed by atoms with E-state index in [2.05, 4.69) is 15.9 Å². The van der Waals surface area contributed by atoms with Crippen molar-refractivity contribution in [2.45, 2.75) is 18.6 Å². The second-order valence-corrected chi connectivity index (χ2v) is 7.92. The minimum Gasteiger partial charge on any atom is -0.325 e. The van der Waals surface area contributed by atoms with Crippen LogP contribution in [-0.4, -0.2) is 44.0 Å². The molecule has 0 radical (unpaired) electrons. The zero-order valence-electron chi connectivity index (χ0n) is 10.2. The van der Waals surface area contributed by atoms with E-state index in [-0.39, 0.29) is 23.6 Å². The number of hydrogen-bond donors (Lipinski definition) is 1. The molecule has 1 aliphatic heterocycles. The van der Waals surface area contributed by atoms with Crippen molar-refractivity contribution in [3.8, 4) is 0 Å². The molecule has 1 aliphatic rings. The van der Waals surface area contributed by atoms with Crippen molar-refractivity contribution in [1.29, 1.82) is 0 Å². The molecular formula is C12H17BrN2O2S. The first kappa shape index (κ1) is 14.0. The number of hydrogen-bond acceptors (Lipinski definition) is 4. The molecule has 1 fully saturated rings. The van der Waals surface area contributed by atoms with Crippen LogP contribution in [0.25, 0.3) is 0 Å². The van der Waals surface area contributed by atoms with E-state index in [4.69, 9.17) is 5.73 Å². The van der Waals surface area contributed by atoms with Crippen LogP contribution in [0, 0.1) is 0 Å². The van der Waals surface area contributed by atoms with Gasteiger partial charge < -0.3 is 5.73 Å². The number of likely N-dealkylation sites (N-methyl/N-ethyl adjacent to an activating group) is 1. The Morgan fingerprint density at radius 3 is 2.44 bits per heavy atom. The highest BCUT2D eigenvalue weighted by molar-refractivity contribution is 9.10. The van der Waals surface area contributed by atoms with Gasteiger partial charge in [-0.05, 0) is 24.7 Å². The molecule has 1 saturated heterocycles. The van der Waals surface area contributed by atoms with E-state index < -0.39 is 9.84 Å². The summed E-state index contributed by atoms with van der Waals surface area (Å²) in [5, 5.41) is 0. The molecule has 1 heterocycles.